The zero-order chi connectivity index (χ0) is 21.2. The van der Waals surface area contributed by atoms with Crippen LogP contribution in [0.25, 0.3) is 10.9 Å². The Bertz CT molecular complexity index is 1180. The van der Waals surface area contributed by atoms with Gasteiger partial charge in [-0.25, -0.2) is 13.1 Å². The number of aromatic nitrogens is 1. The Morgan fingerprint density at radius 2 is 1.86 bits per heavy atom. The SMILES string of the molecule is CNS(=O)(=O)c1cccc(C(C)NC(=O)Cn2cc(C(N)=O)c3ccccc32)c1. The number of carbonyl (C=O) groups is 2. The molecular formula is C20H22N4O4S. The number of amides is 2. The third-order valence-corrected chi connectivity index (χ3v) is 6.09. The van der Waals surface area contributed by atoms with Crippen LogP contribution in [-0.4, -0.2) is 31.8 Å². The first kappa shape index (κ1) is 20.6. The van der Waals surface area contributed by atoms with Crippen molar-refractivity contribution in [3.8, 4) is 0 Å². The predicted octanol–water partition coefficient (Wildman–Crippen LogP) is 1.53. The number of para-hydroxylation sites is 1. The first-order valence-corrected chi connectivity index (χ1v) is 10.4. The molecule has 4 N–H and O–H groups in total. The van der Waals surface area contributed by atoms with Crippen LogP contribution in [0.15, 0.2) is 59.6 Å². The average molecular weight is 414 g/mol. The average Bonchev–Trinajstić information content (AvgIpc) is 3.07. The van der Waals surface area contributed by atoms with Crippen molar-refractivity contribution >= 4 is 32.7 Å². The highest BCUT2D eigenvalue weighted by molar-refractivity contribution is 7.89. The first-order chi connectivity index (χ1) is 13.7. The highest BCUT2D eigenvalue weighted by Crippen LogP contribution is 2.21. The van der Waals surface area contributed by atoms with Gasteiger partial charge in [0.15, 0.2) is 0 Å². The monoisotopic (exact) mass is 414 g/mol. The number of hydrogen-bond acceptors (Lipinski definition) is 4. The van der Waals surface area contributed by atoms with E-state index in [0.717, 1.165) is 5.52 Å². The molecule has 1 aromatic heterocycles. The zero-order valence-corrected chi connectivity index (χ0v) is 16.9. The number of benzene rings is 2. The van der Waals surface area contributed by atoms with Crippen molar-refractivity contribution in [2.75, 3.05) is 7.05 Å². The van der Waals surface area contributed by atoms with E-state index in [4.69, 9.17) is 5.73 Å². The fourth-order valence-electron chi connectivity index (χ4n) is 3.17. The summed E-state index contributed by atoms with van der Waals surface area (Å²) in [7, 11) is -2.23. The van der Waals surface area contributed by atoms with Crippen LogP contribution >= 0.6 is 0 Å². The molecule has 0 saturated carbocycles. The summed E-state index contributed by atoms with van der Waals surface area (Å²) < 4.78 is 27.9. The van der Waals surface area contributed by atoms with E-state index in [0.29, 0.717) is 16.5 Å². The highest BCUT2D eigenvalue weighted by Gasteiger charge is 2.17. The Balaban J connectivity index is 1.79. The summed E-state index contributed by atoms with van der Waals surface area (Å²) in [4.78, 5) is 24.4. The first-order valence-electron chi connectivity index (χ1n) is 8.93. The predicted molar refractivity (Wildman–Crippen MR) is 110 cm³/mol. The number of carbonyl (C=O) groups excluding carboxylic acids is 2. The number of nitrogens with one attached hydrogen (secondary N) is 2. The van der Waals surface area contributed by atoms with Crippen LogP contribution < -0.4 is 15.8 Å². The molecule has 1 heterocycles. The molecule has 0 radical (unpaired) electrons. The Kier molecular flexibility index (Phi) is 5.71. The molecule has 8 nitrogen and oxygen atoms in total. The molecule has 3 aromatic rings. The smallest absolute Gasteiger partial charge is 0.250 e. The number of fused-ring (bicyclic) bond motifs is 1. The highest BCUT2D eigenvalue weighted by atomic mass is 32.2. The summed E-state index contributed by atoms with van der Waals surface area (Å²) in [6.45, 7) is 1.76. The molecule has 0 fully saturated rings. The molecule has 152 valence electrons. The summed E-state index contributed by atoms with van der Waals surface area (Å²) in [5, 5.41) is 3.54. The van der Waals surface area contributed by atoms with Crippen molar-refractivity contribution in [3.05, 3.63) is 65.9 Å². The van der Waals surface area contributed by atoms with Gasteiger partial charge in [-0.2, -0.15) is 0 Å². The summed E-state index contributed by atoms with van der Waals surface area (Å²) in [6.07, 6.45) is 1.57. The van der Waals surface area contributed by atoms with Crippen molar-refractivity contribution in [1.29, 1.82) is 0 Å². The van der Waals surface area contributed by atoms with Gasteiger partial charge in [0.25, 0.3) is 5.91 Å². The molecule has 29 heavy (non-hydrogen) atoms. The number of nitrogens with two attached hydrogens (primary N) is 1. The second-order valence-electron chi connectivity index (χ2n) is 6.62. The molecule has 0 saturated heterocycles. The van der Waals surface area contributed by atoms with Crippen LogP contribution in [0.2, 0.25) is 0 Å². The van der Waals surface area contributed by atoms with Crippen LogP contribution in [0.5, 0.6) is 0 Å². The van der Waals surface area contributed by atoms with E-state index in [1.807, 2.05) is 12.1 Å². The Labute approximate surface area is 168 Å². The normalized spacial score (nSPS) is 12.6. The van der Waals surface area contributed by atoms with E-state index in [2.05, 4.69) is 10.0 Å². The van der Waals surface area contributed by atoms with Gasteiger partial charge in [-0.15, -0.1) is 0 Å². The third-order valence-electron chi connectivity index (χ3n) is 4.68. The van der Waals surface area contributed by atoms with Crippen molar-refractivity contribution in [3.63, 3.8) is 0 Å². The number of nitrogens with zero attached hydrogens (tertiary/aromatic N) is 1. The van der Waals surface area contributed by atoms with E-state index < -0.39 is 22.0 Å². The topological polar surface area (TPSA) is 123 Å². The molecular weight excluding hydrogens is 392 g/mol. The van der Waals surface area contributed by atoms with Gasteiger partial charge >= 0.3 is 0 Å². The van der Waals surface area contributed by atoms with Gasteiger partial charge in [0, 0.05) is 17.1 Å². The number of rotatable bonds is 7. The molecule has 0 aliphatic carbocycles. The van der Waals surface area contributed by atoms with Gasteiger partial charge in [0.2, 0.25) is 15.9 Å². The van der Waals surface area contributed by atoms with Gasteiger partial charge < -0.3 is 15.6 Å². The van der Waals surface area contributed by atoms with Gasteiger partial charge in [0.1, 0.15) is 6.54 Å². The largest absolute Gasteiger partial charge is 0.366 e. The lowest BCUT2D eigenvalue weighted by Gasteiger charge is -2.16. The van der Waals surface area contributed by atoms with Crippen molar-refractivity contribution < 1.29 is 18.0 Å². The molecule has 0 aliphatic rings. The van der Waals surface area contributed by atoms with Crippen LogP contribution in [0.1, 0.15) is 28.9 Å². The lowest BCUT2D eigenvalue weighted by molar-refractivity contribution is -0.122. The fraction of sp³-hybridized carbons (Fsp3) is 0.200. The Morgan fingerprint density at radius 3 is 2.55 bits per heavy atom. The minimum Gasteiger partial charge on any atom is -0.366 e. The molecule has 0 bridgehead atoms. The van der Waals surface area contributed by atoms with Crippen LogP contribution in [0, 0.1) is 0 Å². The van der Waals surface area contributed by atoms with Gasteiger partial charge in [0.05, 0.1) is 16.5 Å². The maximum absolute atomic E-state index is 12.6. The van der Waals surface area contributed by atoms with E-state index in [-0.39, 0.29) is 17.3 Å². The number of sulfonamides is 1. The lowest BCUT2D eigenvalue weighted by Crippen LogP contribution is -2.30. The van der Waals surface area contributed by atoms with Crippen molar-refractivity contribution in [1.82, 2.24) is 14.6 Å². The Morgan fingerprint density at radius 1 is 1.14 bits per heavy atom. The van der Waals surface area contributed by atoms with Gasteiger partial charge in [-0.05, 0) is 37.7 Å². The van der Waals surface area contributed by atoms with Crippen molar-refractivity contribution in [2.45, 2.75) is 24.4 Å². The number of primary amides is 1. The second kappa shape index (κ2) is 8.06. The molecule has 2 aromatic carbocycles. The minimum atomic E-state index is -3.57. The summed E-state index contributed by atoms with van der Waals surface area (Å²) in [5.41, 5.74) is 7.17. The van der Waals surface area contributed by atoms with E-state index in [9.17, 15) is 18.0 Å². The maximum atomic E-state index is 12.6. The molecule has 0 spiro atoms. The van der Waals surface area contributed by atoms with E-state index in [1.54, 1.807) is 42.0 Å². The molecule has 9 heteroatoms. The van der Waals surface area contributed by atoms with Crippen LogP contribution in [0.3, 0.4) is 0 Å². The van der Waals surface area contributed by atoms with Gasteiger partial charge in [-0.3, -0.25) is 9.59 Å². The number of hydrogen-bond donors (Lipinski definition) is 3. The summed E-state index contributed by atoms with van der Waals surface area (Å²) >= 11 is 0. The quantitative estimate of drug-likeness (QED) is 0.542. The zero-order valence-electron chi connectivity index (χ0n) is 16.0. The summed E-state index contributed by atoms with van der Waals surface area (Å²) in [6, 6.07) is 13.2. The second-order valence-corrected chi connectivity index (χ2v) is 8.51. The molecule has 1 unspecified atom stereocenters. The molecule has 0 aliphatic heterocycles. The van der Waals surface area contributed by atoms with Crippen molar-refractivity contribution in [2.24, 2.45) is 5.73 Å². The minimum absolute atomic E-state index is 0.00730. The maximum Gasteiger partial charge on any atom is 0.250 e. The standard InChI is InChI=1S/C20H22N4O4S/c1-13(14-6-5-7-15(10-14)29(27,28)22-2)23-19(25)12-24-11-17(20(21)26)16-8-3-4-9-18(16)24/h3-11,13,22H,12H2,1-2H3,(H2,21,26)(H,23,25). The lowest BCUT2D eigenvalue weighted by atomic mass is 10.1. The molecule has 1 atom stereocenters. The van der Waals surface area contributed by atoms with Gasteiger partial charge in [-0.1, -0.05) is 30.3 Å². The molecule has 2 amide bonds. The van der Waals surface area contributed by atoms with Crippen LogP contribution in [-0.2, 0) is 21.4 Å². The summed E-state index contributed by atoms with van der Waals surface area (Å²) in [5.74, 6) is -0.840. The Hall–Kier alpha value is -3.17. The molecule has 3 rings (SSSR count). The third kappa shape index (κ3) is 4.30. The fourth-order valence-corrected chi connectivity index (χ4v) is 3.95. The van der Waals surface area contributed by atoms with Crippen LogP contribution in [0.4, 0.5) is 0 Å². The van der Waals surface area contributed by atoms with E-state index >= 15 is 0 Å². The van der Waals surface area contributed by atoms with E-state index in [1.165, 1.54) is 19.2 Å².